The molecule has 1 heterocycles. The number of nitrogens with zero attached hydrogens (tertiary/aromatic N) is 1. The summed E-state index contributed by atoms with van der Waals surface area (Å²) in [7, 11) is 0. The van der Waals surface area contributed by atoms with Gasteiger partial charge in [-0.05, 0) is 30.7 Å². The van der Waals surface area contributed by atoms with Crippen LogP contribution in [-0.4, -0.2) is 47.4 Å². The van der Waals surface area contributed by atoms with Crippen molar-refractivity contribution in [2.45, 2.75) is 40.5 Å². The highest BCUT2D eigenvalue weighted by Gasteiger charge is 2.30. The third-order valence-electron chi connectivity index (χ3n) is 4.34. The van der Waals surface area contributed by atoms with E-state index in [2.05, 4.69) is 5.32 Å². The molecule has 0 spiro atoms. The van der Waals surface area contributed by atoms with Gasteiger partial charge in [0.15, 0.2) is 5.78 Å². The molecule has 1 saturated heterocycles. The fourth-order valence-electron chi connectivity index (χ4n) is 2.46. The lowest BCUT2D eigenvalue weighted by Crippen LogP contribution is -2.34. The number of carbonyl (C=O) groups is 4. The van der Waals surface area contributed by atoms with Crippen molar-refractivity contribution in [3.63, 3.8) is 0 Å². The summed E-state index contributed by atoms with van der Waals surface area (Å²) in [6.07, 6.45) is 3.19. The molecule has 30 heavy (non-hydrogen) atoms. The van der Waals surface area contributed by atoms with Gasteiger partial charge in [-0.1, -0.05) is 45.9 Å². The van der Waals surface area contributed by atoms with E-state index in [9.17, 15) is 19.2 Å². The molecule has 7 nitrogen and oxygen atoms in total. The summed E-state index contributed by atoms with van der Waals surface area (Å²) in [4.78, 5) is 50.1. The second-order valence-electron chi connectivity index (χ2n) is 7.98. The zero-order chi connectivity index (χ0) is 22.3. The zero-order valence-corrected chi connectivity index (χ0v) is 18.6. The SMILES string of the molecule is CCCCOC(=O)c1ccc(NC(=O)CN2C(=O)CS/C2=C/C(=O)C(C)(C)C)cc1. The molecule has 0 radical (unpaired) electrons. The largest absolute Gasteiger partial charge is 0.462 e. The minimum atomic E-state index is -0.563. The van der Waals surface area contributed by atoms with Crippen LogP contribution in [0.2, 0.25) is 0 Å². The molecule has 2 amide bonds. The number of rotatable bonds is 8. The maximum absolute atomic E-state index is 12.4. The van der Waals surface area contributed by atoms with Crippen LogP contribution in [-0.2, 0) is 19.1 Å². The Morgan fingerprint density at radius 2 is 1.87 bits per heavy atom. The molecule has 8 heteroatoms. The highest BCUT2D eigenvalue weighted by atomic mass is 32.2. The van der Waals surface area contributed by atoms with Crippen LogP contribution >= 0.6 is 11.8 Å². The minimum absolute atomic E-state index is 0.105. The quantitative estimate of drug-likeness (QED) is 0.383. The first-order valence-electron chi connectivity index (χ1n) is 9.88. The molecule has 1 aliphatic heterocycles. The molecule has 0 aliphatic carbocycles. The molecular weight excluding hydrogens is 404 g/mol. The van der Waals surface area contributed by atoms with Crippen LogP contribution in [0.3, 0.4) is 0 Å². The third kappa shape index (κ3) is 6.73. The van der Waals surface area contributed by atoms with Gasteiger partial charge in [-0.25, -0.2) is 4.79 Å². The Kier molecular flexibility index (Phi) is 8.23. The number of unbranched alkanes of at least 4 members (excludes halogenated alkanes) is 1. The van der Waals surface area contributed by atoms with Crippen LogP contribution in [0.5, 0.6) is 0 Å². The van der Waals surface area contributed by atoms with Crippen molar-refractivity contribution in [2.75, 3.05) is 24.2 Å². The molecule has 1 aromatic rings. The average molecular weight is 433 g/mol. The van der Waals surface area contributed by atoms with Crippen molar-refractivity contribution < 1.29 is 23.9 Å². The molecule has 0 bridgehead atoms. The number of nitrogens with one attached hydrogen (secondary N) is 1. The van der Waals surface area contributed by atoms with Gasteiger partial charge in [0.1, 0.15) is 6.54 Å². The van der Waals surface area contributed by atoms with E-state index < -0.39 is 17.3 Å². The molecular formula is C22H28N2O5S. The number of ether oxygens (including phenoxy) is 1. The van der Waals surface area contributed by atoms with Gasteiger partial charge in [-0.3, -0.25) is 19.3 Å². The van der Waals surface area contributed by atoms with E-state index in [4.69, 9.17) is 4.74 Å². The number of carbonyl (C=O) groups excluding carboxylic acids is 4. The normalized spacial score (nSPS) is 15.4. The molecule has 1 aromatic carbocycles. The van der Waals surface area contributed by atoms with Crippen LogP contribution in [0.4, 0.5) is 5.69 Å². The summed E-state index contributed by atoms with van der Waals surface area (Å²) in [5.41, 5.74) is 0.342. The van der Waals surface area contributed by atoms with Gasteiger partial charge in [0.25, 0.3) is 0 Å². The van der Waals surface area contributed by atoms with Crippen LogP contribution in [0.1, 0.15) is 50.9 Å². The van der Waals surface area contributed by atoms with E-state index in [0.29, 0.717) is 22.9 Å². The first-order valence-corrected chi connectivity index (χ1v) is 10.9. The van der Waals surface area contributed by atoms with E-state index in [1.54, 1.807) is 45.0 Å². The van der Waals surface area contributed by atoms with Gasteiger partial charge in [0.2, 0.25) is 11.8 Å². The van der Waals surface area contributed by atoms with Crippen molar-refractivity contribution in [3.8, 4) is 0 Å². The second kappa shape index (κ2) is 10.4. The Hall–Kier alpha value is -2.61. The van der Waals surface area contributed by atoms with Crippen molar-refractivity contribution in [2.24, 2.45) is 5.41 Å². The number of anilines is 1. The van der Waals surface area contributed by atoms with Crippen molar-refractivity contribution >= 4 is 41.0 Å². The fourth-order valence-corrected chi connectivity index (χ4v) is 3.39. The summed E-state index contributed by atoms with van der Waals surface area (Å²) in [5.74, 6) is -0.914. The van der Waals surface area contributed by atoms with Gasteiger partial charge >= 0.3 is 5.97 Å². The molecule has 0 aromatic heterocycles. The number of benzene rings is 1. The van der Waals surface area contributed by atoms with Crippen molar-refractivity contribution in [1.29, 1.82) is 0 Å². The van der Waals surface area contributed by atoms with Gasteiger partial charge < -0.3 is 10.1 Å². The lowest BCUT2D eigenvalue weighted by molar-refractivity contribution is -0.129. The Labute approximate surface area is 181 Å². The molecule has 162 valence electrons. The van der Waals surface area contributed by atoms with Crippen LogP contribution in [0.25, 0.3) is 0 Å². The predicted molar refractivity (Wildman–Crippen MR) is 117 cm³/mol. The molecule has 1 fully saturated rings. The standard InChI is InChI=1S/C22H28N2O5S/c1-5-6-11-29-21(28)15-7-9-16(10-8-15)23-18(26)13-24-19(27)14-30-20(24)12-17(25)22(2,3)4/h7-10,12H,5-6,11,13-14H2,1-4H3,(H,23,26)/b20-12+. The maximum atomic E-state index is 12.4. The summed E-state index contributed by atoms with van der Waals surface area (Å²) in [6.45, 7) is 7.61. The topological polar surface area (TPSA) is 92.8 Å². The number of allylic oxidation sites excluding steroid dienone is 1. The number of thioether (sulfide) groups is 1. The summed E-state index contributed by atoms with van der Waals surface area (Å²) < 4.78 is 5.15. The molecule has 1 aliphatic rings. The van der Waals surface area contributed by atoms with Crippen molar-refractivity contribution in [1.82, 2.24) is 4.90 Å². The first-order chi connectivity index (χ1) is 14.1. The highest BCUT2D eigenvalue weighted by Crippen LogP contribution is 2.30. The fraction of sp³-hybridized carbons (Fsp3) is 0.455. The number of amides is 2. The highest BCUT2D eigenvalue weighted by molar-refractivity contribution is 8.04. The maximum Gasteiger partial charge on any atom is 0.338 e. The predicted octanol–water partition coefficient (Wildman–Crippen LogP) is 3.61. The second-order valence-corrected chi connectivity index (χ2v) is 8.98. The van der Waals surface area contributed by atoms with E-state index >= 15 is 0 Å². The van der Waals surface area contributed by atoms with Gasteiger partial charge in [0.05, 0.1) is 23.0 Å². The lowest BCUT2D eigenvalue weighted by atomic mass is 9.91. The van der Waals surface area contributed by atoms with Gasteiger partial charge in [0, 0.05) is 17.2 Å². The van der Waals surface area contributed by atoms with Gasteiger partial charge in [-0.15, -0.1) is 0 Å². The zero-order valence-electron chi connectivity index (χ0n) is 17.8. The summed E-state index contributed by atoms with van der Waals surface area (Å²) in [6, 6.07) is 6.37. The lowest BCUT2D eigenvalue weighted by Gasteiger charge is -2.19. The number of esters is 1. The monoisotopic (exact) mass is 432 g/mol. The Bertz CT molecular complexity index is 840. The van der Waals surface area contributed by atoms with E-state index in [1.807, 2.05) is 6.92 Å². The smallest absolute Gasteiger partial charge is 0.338 e. The van der Waals surface area contributed by atoms with Crippen LogP contribution < -0.4 is 5.32 Å². The summed E-state index contributed by atoms with van der Waals surface area (Å²) >= 11 is 1.25. The van der Waals surface area contributed by atoms with Crippen LogP contribution in [0, 0.1) is 5.41 Å². The Morgan fingerprint density at radius 1 is 1.20 bits per heavy atom. The summed E-state index contributed by atoms with van der Waals surface area (Å²) in [5, 5.41) is 3.19. The first kappa shape index (κ1) is 23.7. The van der Waals surface area contributed by atoms with E-state index in [1.165, 1.54) is 22.7 Å². The molecule has 0 atom stereocenters. The molecule has 2 rings (SSSR count). The van der Waals surface area contributed by atoms with E-state index in [0.717, 1.165) is 12.8 Å². The van der Waals surface area contributed by atoms with Crippen molar-refractivity contribution in [3.05, 3.63) is 40.9 Å². The minimum Gasteiger partial charge on any atom is -0.462 e. The Balaban J connectivity index is 1.97. The number of hydrogen-bond donors (Lipinski definition) is 1. The Morgan fingerprint density at radius 3 is 2.47 bits per heavy atom. The third-order valence-corrected chi connectivity index (χ3v) is 5.37. The molecule has 1 N–H and O–H groups in total. The average Bonchev–Trinajstić information content (AvgIpc) is 3.01. The number of ketones is 1. The number of hydrogen-bond acceptors (Lipinski definition) is 6. The molecule has 0 unspecified atom stereocenters. The van der Waals surface area contributed by atoms with E-state index in [-0.39, 0.29) is 24.0 Å². The molecule has 0 saturated carbocycles. The van der Waals surface area contributed by atoms with Crippen LogP contribution in [0.15, 0.2) is 35.4 Å². The van der Waals surface area contributed by atoms with Gasteiger partial charge in [-0.2, -0.15) is 0 Å².